The van der Waals surface area contributed by atoms with Crippen LogP contribution in [0, 0.1) is 0 Å². The monoisotopic (exact) mass is 223 g/mol. The third kappa shape index (κ3) is 1.39. The van der Waals surface area contributed by atoms with Crippen LogP contribution in [0.3, 0.4) is 0 Å². The van der Waals surface area contributed by atoms with E-state index in [2.05, 4.69) is 4.98 Å². The van der Waals surface area contributed by atoms with Gasteiger partial charge >= 0.3 is 5.97 Å². The molecule has 0 fully saturated rings. The van der Waals surface area contributed by atoms with E-state index >= 15 is 0 Å². The highest BCUT2D eigenvalue weighted by Gasteiger charge is 2.17. The van der Waals surface area contributed by atoms with Crippen molar-refractivity contribution in [2.45, 2.75) is 0 Å². The van der Waals surface area contributed by atoms with Gasteiger partial charge in [-0.2, -0.15) is 0 Å². The number of rotatable bonds is 2. The first-order chi connectivity index (χ1) is 7.15. The zero-order valence-corrected chi connectivity index (χ0v) is 8.21. The fourth-order valence-corrected chi connectivity index (χ4v) is 1.72. The molecule has 0 saturated carbocycles. The molecule has 0 spiro atoms. The van der Waals surface area contributed by atoms with Gasteiger partial charge in [-0.15, -0.1) is 0 Å². The van der Waals surface area contributed by atoms with Crippen LogP contribution in [0.2, 0.25) is 5.02 Å². The van der Waals surface area contributed by atoms with E-state index in [1.165, 1.54) is 0 Å². The molecule has 0 atom stereocenters. The first-order valence-electron chi connectivity index (χ1n) is 4.14. The Labute approximate surface area is 89.5 Å². The second-order valence-electron chi connectivity index (χ2n) is 3.00. The zero-order valence-electron chi connectivity index (χ0n) is 7.45. The molecule has 1 aromatic carbocycles. The fraction of sp³-hybridized carbons (Fsp3) is 0. The van der Waals surface area contributed by atoms with E-state index < -0.39 is 5.97 Å². The molecule has 2 rings (SSSR count). The van der Waals surface area contributed by atoms with Gasteiger partial charge in [0.25, 0.3) is 0 Å². The normalized spacial score (nSPS) is 10.5. The Morgan fingerprint density at radius 2 is 2.20 bits per heavy atom. The lowest BCUT2D eigenvalue weighted by atomic mass is 10.1. The van der Waals surface area contributed by atoms with E-state index in [9.17, 15) is 9.59 Å². The summed E-state index contributed by atoms with van der Waals surface area (Å²) in [7, 11) is 0. The molecule has 2 N–H and O–H groups in total. The molecule has 1 aromatic heterocycles. The first kappa shape index (κ1) is 9.73. The Morgan fingerprint density at radius 3 is 2.80 bits per heavy atom. The number of nitrogens with one attached hydrogen (secondary N) is 1. The third-order valence-corrected chi connectivity index (χ3v) is 2.47. The van der Waals surface area contributed by atoms with Gasteiger partial charge in [0.2, 0.25) is 0 Å². The summed E-state index contributed by atoms with van der Waals surface area (Å²) in [6, 6.07) is 4.94. The number of aromatic amines is 1. The molecular formula is C10H6ClNO3. The standard InChI is InChI=1S/C10H6ClNO3/c11-7-3-1-2-5-6(4-13)9(10(14)15)12-8(5)7/h1-4,12H,(H,14,15). The predicted octanol–water partition coefficient (Wildman–Crippen LogP) is 2.33. The Hall–Kier alpha value is -1.81. The molecule has 4 nitrogen and oxygen atoms in total. The van der Waals surface area contributed by atoms with E-state index in [0.29, 0.717) is 22.2 Å². The molecule has 0 aliphatic rings. The van der Waals surface area contributed by atoms with Crippen LogP contribution < -0.4 is 0 Å². The van der Waals surface area contributed by atoms with Crippen LogP contribution in [0.15, 0.2) is 18.2 Å². The SMILES string of the molecule is O=Cc1c(C(=O)O)[nH]c2c(Cl)cccc12. The second-order valence-corrected chi connectivity index (χ2v) is 3.41. The van der Waals surface area contributed by atoms with Crippen molar-refractivity contribution in [1.29, 1.82) is 0 Å². The second kappa shape index (κ2) is 3.40. The van der Waals surface area contributed by atoms with Crippen molar-refractivity contribution in [3.8, 4) is 0 Å². The van der Waals surface area contributed by atoms with Gasteiger partial charge in [0, 0.05) is 5.39 Å². The van der Waals surface area contributed by atoms with Crippen LogP contribution in [-0.4, -0.2) is 22.3 Å². The molecule has 5 heteroatoms. The molecule has 1 heterocycles. The Kier molecular flexibility index (Phi) is 2.21. The number of fused-ring (bicyclic) bond motifs is 1. The van der Waals surface area contributed by atoms with Crippen molar-refractivity contribution in [1.82, 2.24) is 4.98 Å². The quantitative estimate of drug-likeness (QED) is 0.768. The first-order valence-corrected chi connectivity index (χ1v) is 4.51. The minimum absolute atomic E-state index is 0.125. The Bertz CT molecular complexity index is 559. The van der Waals surface area contributed by atoms with Crippen molar-refractivity contribution >= 4 is 34.8 Å². The highest BCUT2D eigenvalue weighted by atomic mass is 35.5. The number of hydrogen-bond acceptors (Lipinski definition) is 2. The summed E-state index contributed by atoms with van der Waals surface area (Å²) in [5.74, 6) is -1.18. The zero-order chi connectivity index (χ0) is 11.0. The van der Waals surface area contributed by atoms with Crippen molar-refractivity contribution in [3.63, 3.8) is 0 Å². The van der Waals surface area contributed by atoms with Crippen LogP contribution in [-0.2, 0) is 0 Å². The number of para-hydroxylation sites is 1. The minimum atomic E-state index is -1.18. The molecule has 15 heavy (non-hydrogen) atoms. The number of benzene rings is 1. The van der Waals surface area contributed by atoms with Gasteiger partial charge < -0.3 is 10.1 Å². The Balaban J connectivity index is 2.90. The molecular weight excluding hydrogens is 218 g/mol. The maximum absolute atomic E-state index is 10.8. The number of aromatic carboxylic acids is 1. The molecule has 76 valence electrons. The van der Waals surface area contributed by atoms with E-state index in [0.717, 1.165) is 0 Å². The largest absolute Gasteiger partial charge is 0.477 e. The summed E-state index contributed by atoms with van der Waals surface area (Å²) >= 11 is 5.86. The number of hydrogen-bond donors (Lipinski definition) is 2. The average Bonchev–Trinajstić information content (AvgIpc) is 2.57. The van der Waals surface area contributed by atoms with Crippen LogP contribution in [0.4, 0.5) is 0 Å². The summed E-state index contributed by atoms with van der Waals surface area (Å²) in [5.41, 5.74) is 0.465. The van der Waals surface area contributed by atoms with Crippen LogP contribution in [0.1, 0.15) is 20.8 Å². The number of aromatic nitrogens is 1. The average molecular weight is 224 g/mol. The van der Waals surface area contributed by atoms with Crippen molar-refractivity contribution in [3.05, 3.63) is 34.5 Å². The lowest BCUT2D eigenvalue weighted by molar-refractivity contribution is 0.0688. The van der Waals surface area contributed by atoms with Gasteiger partial charge in [-0.05, 0) is 6.07 Å². The molecule has 0 aliphatic heterocycles. The lowest BCUT2D eigenvalue weighted by Crippen LogP contribution is -2.00. The molecule has 0 amide bonds. The van der Waals surface area contributed by atoms with Crippen LogP contribution in [0.5, 0.6) is 0 Å². The molecule has 0 bridgehead atoms. The molecule has 0 radical (unpaired) electrons. The molecule has 2 aromatic rings. The van der Waals surface area contributed by atoms with Gasteiger partial charge in [0.1, 0.15) is 5.69 Å². The maximum Gasteiger partial charge on any atom is 0.353 e. The number of carbonyl (C=O) groups is 2. The van der Waals surface area contributed by atoms with Crippen molar-refractivity contribution in [2.24, 2.45) is 0 Å². The number of carbonyl (C=O) groups excluding carboxylic acids is 1. The van der Waals surface area contributed by atoms with Gasteiger partial charge in [-0.25, -0.2) is 4.79 Å². The van der Waals surface area contributed by atoms with Crippen molar-refractivity contribution < 1.29 is 14.7 Å². The third-order valence-electron chi connectivity index (χ3n) is 2.15. The summed E-state index contributed by atoms with van der Waals surface area (Å²) in [6.07, 6.45) is 0.513. The smallest absolute Gasteiger partial charge is 0.353 e. The maximum atomic E-state index is 10.8. The number of aldehydes is 1. The lowest BCUT2D eigenvalue weighted by Gasteiger charge is -1.91. The molecule has 0 aliphatic carbocycles. The van der Waals surface area contributed by atoms with Gasteiger partial charge in [-0.1, -0.05) is 23.7 Å². The van der Waals surface area contributed by atoms with Crippen LogP contribution in [0.25, 0.3) is 10.9 Å². The predicted molar refractivity (Wildman–Crippen MR) is 55.7 cm³/mol. The van der Waals surface area contributed by atoms with Crippen LogP contribution >= 0.6 is 11.6 Å². The summed E-state index contributed by atoms with van der Waals surface area (Å²) < 4.78 is 0. The molecule has 0 unspecified atom stereocenters. The van der Waals surface area contributed by atoms with E-state index in [-0.39, 0.29) is 11.3 Å². The van der Waals surface area contributed by atoms with E-state index in [1.54, 1.807) is 18.2 Å². The summed E-state index contributed by atoms with van der Waals surface area (Å²) in [5, 5.41) is 9.77. The number of halogens is 1. The highest BCUT2D eigenvalue weighted by molar-refractivity contribution is 6.35. The topological polar surface area (TPSA) is 70.2 Å². The Morgan fingerprint density at radius 1 is 1.47 bits per heavy atom. The highest BCUT2D eigenvalue weighted by Crippen LogP contribution is 2.26. The van der Waals surface area contributed by atoms with Crippen molar-refractivity contribution in [2.75, 3.05) is 0 Å². The van der Waals surface area contributed by atoms with Gasteiger partial charge in [-0.3, -0.25) is 4.79 Å². The number of carboxylic acids is 1. The van der Waals surface area contributed by atoms with Gasteiger partial charge in [0.05, 0.1) is 16.1 Å². The number of H-pyrrole nitrogens is 1. The minimum Gasteiger partial charge on any atom is -0.477 e. The fourth-order valence-electron chi connectivity index (χ4n) is 1.49. The van der Waals surface area contributed by atoms with E-state index in [4.69, 9.17) is 16.7 Å². The summed E-state index contributed by atoms with van der Waals surface area (Å²) in [4.78, 5) is 24.2. The van der Waals surface area contributed by atoms with E-state index in [1.807, 2.05) is 0 Å². The number of carboxylic acid groups (broad SMARTS) is 1. The van der Waals surface area contributed by atoms with Gasteiger partial charge in [0.15, 0.2) is 6.29 Å². The molecule has 0 saturated heterocycles. The summed E-state index contributed by atoms with van der Waals surface area (Å²) in [6.45, 7) is 0.